The van der Waals surface area contributed by atoms with Crippen LogP contribution in [0.4, 0.5) is 0 Å². The van der Waals surface area contributed by atoms with E-state index in [1.54, 1.807) is 18.2 Å². The van der Waals surface area contributed by atoms with Crippen molar-refractivity contribution in [2.24, 2.45) is 5.73 Å². The number of hydrogen-bond donors (Lipinski definition) is 2. The van der Waals surface area contributed by atoms with Gasteiger partial charge in [-0.1, -0.05) is 0 Å². The maximum absolute atomic E-state index is 10.9. The van der Waals surface area contributed by atoms with Crippen molar-refractivity contribution in [3.8, 4) is 6.01 Å². The molecule has 1 heterocycles. The van der Waals surface area contributed by atoms with E-state index in [0.29, 0.717) is 18.2 Å². The van der Waals surface area contributed by atoms with Crippen LogP contribution < -0.4 is 10.5 Å². The lowest BCUT2D eigenvalue weighted by Crippen LogP contribution is -2.10. The standard InChI is InChI=1S/C10H11N3O2/c1-2-15-10-12-7-4-3-6(9(11)14)5-8(7)13-10/h3-5H,2H2,1H3,(H2,11,14)(H,12,13). The van der Waals surface area contributed by atoms with Gasteiger partial charge in [0.2, 0.25) is 5.91 Å². The average Bonchev–Trinajstić information content (AvgIpc) is 2.59. The highest BCUT2D eigenvalue weighted by molar-refractivity contribution is 5.96. The van der Waals surface area contributed by atoms with Gasteiger partial charge in [-0.2, -0.15) is 4.98 Å². The maximum atomic E-state index is 10.9. The summed E-state index contributed by atoms with van der Waals surface area (Å²) in [4.78, 5) is 18.1. The van der Waals surface area contributed by atoms with E-state index in [0.717, 1.165) is 11.0 Å². The Morgan fingerprint density at radius 2 is 2.40 bits per heavy atom. The molecule has 0 aliphatic carbocycles. The van der Waals surface area contributed by atoms with Crippen molar-refractivity contribution in [2.45, 2.75) is 6.92 Å². The Hall–Kier alpha value is -2.04. The molecule has 0 aliphatic heterocycles. The summed E-state index contributed by atoms with van der Waals surface area (Å²) in [6.45, 7) is 2.42. The van der Waals surface area contributed by atoms with Crippen LogP contribution in [0.1, 0.15) is 17.3 Å². The number of primary amides is 1. The predicted molar refractivity (Wildman–Crippen MR) is 55.8 cm³/mol. The Labute approximate surface area is 86.3 Å². The number of hydrogen-bond acceptors (Lipinski definition) is 3. The minimum absolute atomic E-state index is 0.453. The quantitative estimate of drug-likeness (QED) is 0.786. The molecular formula is C10H11N3O2. The molecule has 1 aromatic carbocycles. The van der Waals surface area contributed by atoms with Crippen molar-refractivity contribution in [1.82, 2.24) is 9.97 Å². The van der Waals surface area contributed by atoms with E-state index in [4.69, 9.17) is 10.5 Å². The number of aromatic nitrogens is 2. The van der Waals surface area contributed by atoms with E-state index in [1.165, 1.54) is 0 Å². The molecule has 0 saturated heterocycles. The van der Waals surface area contributed by atoms with E-state index < -0.39 is 5.91 Å². The Bertz CT molecular complexity index is 504. The molecular weight excluding hydrogens is 194 g/mol. The molecule has 1 aromatic heterocycles. The fraction of sp³-hybridized carbons (Fsp3) is 0.200. The molecule has 15 heavy (non-hydrogen) atoms. The molecule has 0 bridgehead atoms. The zero-order valence-corrected chi connectivity index (χ0v) is 8.28. The Morgan fingerprint density at radius 1 is 1.60 bits per heavy atom. The summed E-state index contributed by atoms with van der Waals surface area (Å²) in [7, 11) is 0. The van der Waals surface area contributed by atoms with E-state index in [9.17, 15) is 4.79 Å². The lowest BCUT2D eigenvalue weighted by atomic mass is 10.2. The fourth-order valence-electron chi connectivity index (χ4n) is 1.34. The van der Waals surface area contributed by atoms with Crippen molar-refractivity contribution >= 4 is 16.9 Å². The first-order chi connectivity index (χ1) is 7.20. The number of rotatable bonds is 3. The number of nitrogens with zero attached hydrogens (tertiary/aromatic N) is 1. The molecule has 0 fully saturated rings. The molecule has 5 heteroatoms. The monoisotopic (exact) mass is 205 g/mol. The number of H-pyrrole nitrogens is 1. The number of amides is 1. The first-order valence-electron chi connectivity index (χ1n) is 4.63. The number of carbonyl (C=O) groups excluding carboxylic acids is 1. The average molecular weight is 205 g/mol. The number of nitrogens with one attached hydrogen (secondary N) is 1. The fourth-order valence-corrected chi connectivity index (χ4v) is 1.34. The summed E-state index contributed by atoms with van der Waals surface area (Å²) in [5.74, 6) is -0.454. The van der Waals surface area contributed by atoms with Crippen molar-refractivity contribution < 1.29 is 9.53 Å². The van der Waals surface area contributed by atoms with Crippen LogP contribution in [-0.2, 0) is 0 Å². The highest BCUT2D eigenvalue weighted by atomic mass is 16.5. The Balaban J connectivity index is 2.47. The van der Waals surface area contributed by atoms with Crippen LogP contribution in [0.3, 0.4) is 0 Å². The Kier molecular flexibility index (Phi) is 2.29. The van der Waals surface area contributed by atoms with Crippen molar-refractivity contribution in [2.75, 3.05) is 6.61 Å². The van der Waals surface area contributed by atoms with E-state index in [-0.39, 0.29) is 0 Å². The molecule has 0 unspecified atom stereocenters. The van der Waals surface area contributed by atoms with Crippen LogP contribution in [0.5, 0.6) is 6.01 Å². The number of fused-ring (bicyclic) bond motifs is 1. The number of imidazole rings is 1. The number of aromatic amines is 1. The number of benzene rings is 1. The first kappa shape index (κ1) is 9.51. The highest BCUT2D eigenvalue weighted by Gasteiger charge is 2.06. The van der Waals surface area contributed by atoms with Crippen molar-refractivity contribution in [1.29, 1.82) is 0 Å². The zero-order chi connectivity index (χ0) is 10.8. The normalized spacial score (nSPS) is 10.5. The summed E-state index contributed by atoms with van der Waals surface area (Å²) in [6, 6.07) is 5.48. The Morgan fingerprint density at radius 3 is 3.07 bits per heavy atom. The van der Waals surface area contributed by atoms with Crippen LogP contribution in [0.2, 0.25) is 0 Å². The van der Waals surface area contributed by atoms with Gasteiger partial charge >= 0.3 is 0 Å². The molecule has 5 nitrogen and oxygen atoms in total. The number of carbonyl (C=O) groups is 1. The van der Waals surface area contributed by atoms with Crippen LogP contribution in [0, 0.1) is 0 Å². The SMILES string of the molecule is CCOc1nc2ccc(C(N)=O)cc2[nH]1. The van der Waals surface area contributed by atoms with Crippen LogP contribution >= 0.6 is 0 Å². The van der Waals surface area contributed by atoms with Crippen LogP contribution in [-0.4, -0.2) is 22.5 Å². The molecule has 3 N–H and O–H groups in total. The van der Waals surface area contributed by atoms with Gasteiger partial charge < -0.3 is 15.5 Å². The smallest absolute Gasteiger partial charge is 0.294 e. The van der Waals surface area contributed by atoms with Gasteiger partial charge in [-0.15, -0.1) is 0 Å². The molecule has 0 radical (unpaired) electrons. The van der Waals surface area contributed by atoms with Gasteiger partial charge in [-0.05, 0) is 25.1 Å². The summed E-state index contributed by atoms with van der Waals surface area (Å²) >= 11 is 0. The molecule has 0 spiro atoms. The predicted octanol–water partition coefficient (Wildman–Crippen LogP) is 1.06. The molecule has 2 aromatic rings. The van der Waals surface area contributed by atoms with E-state index in [2.05, 4.69) is 9.97 Å². The molecule has 2 rings (SSSR count). The number of ether oxygens (including phenoxy) is 1. The van der Waals surface area contributed by atoms with Gasteiger partial charge in [0.15, 0.2) is 0 Å². The molecule has 0 saturated carbocycles. The van der Waals surface area contributed by atoms with Gasteiger partial charge in [0.25, 0.3) is 6.01 Å². The van der Waals surface area contributed by atoms with Gasteiger partial charge in [0, 0.05) is 5.56 Å². The molecule has 0 atom stereocenters. The summed E-state index contributed by atoms with van der Waals surface area (Å²) < 4.78 is 5.21. The highest BCUT2D eigenvalue weighted by Crippen LogP contribution is 2.17. The molecule has 78 valence electrons. The van der Waals surface area contributed by atoms with Crippen molar-refractivity contribution in [3.63, 3.8) is 0 Å². The van der Waals surface area contributed by atoms with Crippen molar-refractivity contribution in [3.05, 3.63) is 23.8 Å². The second kappa shape index (κ2) is 3.61. The second-order valence-corrected chi connectivity index (χ2v) is 3.07. The second-order valence-electron chi connectivity index (χ2n) is 3.07. The van der Waals surface area contributed by atoms with Gasteiger partial charge in [0.1, 0.15) is 0 Å². The lowest BCUT2D eigenvalue weighted by molar-refractivity contribution is 0.100. The minimum atomic E-state index is -0.454. The zero-order valence-electron chi connectivity index (χ0n) is 8.28. The third-order valence-corrected chi connectivity index (χ3v) is 2.03. The minimum Gasteiger partial charge on any atom is -0.465 e. The van der Waals surface area contributed by atoms with Crippen LogP contribution in [0.25, 0.3) is 11.0 Å². The molecule has 1 amide bonds. The van der Waals surface area contributed by atoms with E-state index in [1.807, 2.05) is 6.92 Å². The van der Waals surface area contributed by atoms with Gasteiger partial charge in [-0.3, -0.25) is 4.79 Å². The van der Waals surface area contributed by atoms with Gasteiger partial charge in [-0.25, -0.2) is 0 Å². The topological polar surface area (TPSA) is 81.0 Å². The van der Waals surface area contributed by atoms with E-state index >= 15 is 0 Å². The summed E-state index contributed by atoms with van der Waals surface area (Å²) in [5, 5.41) is 0. The van der Waals surface area contributed by atoms with Crippen LogP contribution in [0.15, 0.2) is 18.2 Å². The summed E-state index contributed by atoms with van der Waals surface area (Å²) in [6.07, 6.45) is 0. The van der Waals surface area contributed by atoms with Gasteiger partial charge in [0.05, 0.1) is 17.6 Å². The lowest BCUT2D eigenvalue weighted by Gasteiger charge is -1.94. The number of nitrogens with two attached hydrogens (primary N) is 1. The first-order valence-corrected chi connectivity index (χ1v) is 4.63. The largest absolute Gasteiger partial charge is 0.465 e. The third-order valence-electron chi connectivity index (χ3n) is 2.03. The third kappa shape index (κ3) is 1.76. The summed E-state index contributed by atoms with van der Waals surface area (Å²) in [5.41, 5.74) is 7.12. The molecule has 0 aliphatic rings. The maximum Gasteiger partial charge on any atom is 0.294 e.